The zero-order valence-corrected chi connectivity index (χ0v) is 20.3. The quantitative estimate of drug-likeness (QED) is 0.549. The van der Waals surface area contributed by atoms with Crippen LogP contribution in [-0.2, 0) is 16.1 Å². The summed E-state index contributed by atoms with van der Waals surface area (Å²) in [6, 6.07) is 22.5. The highest BCUT2D eigenvalue weighted by molar-refractivity contribution is 6.01. The molecular formula is C28H29N3O5. The number of benzene rings is 3. The number of rotatable bonds is 5. The van der Waals surface area contributed by atoms with Gasteiger partial charge in [0.05, 0.1) is 17.9 Å². The summed E-state index contributed by atoms with van der Waals surface area (Å²) in [7, 11) is 0. The van der Waals surface area contributed by atoms with Crippen LogP contribution in [0.3, 0.4) is 0 Å². The molecule has 8 heteroatoms. The van der Waals surface area contributed by atoms with Gasteiger partial charge in [0.25, 0.3) is 0 Å². The van der Waals surface area contributed by atoms with Crippen LogP contribution in [0, 0.1) is 13.8 Å². The van der Waals surface area contributed by atoms with Gasteiger partial charge in [-0.2, -0.15) is 0 Å². The minimum atomic E-state index is -1.22. The van der Waals surface area contributed by atoms with Gasteiger partial charge in [-0.25, -0.2) is 14.4 Å². The molecule has 1 atom stereocenters. The van der Waals surface area contributed by atoms with E-state index in [2.05, 4.69) is 0 Å². The average molecular weight is 488 g/mol. The Balaban J connectivity index is 1.55. The van der Waals surface area contributed by atoms with Gasteiger partial charge in [-0.1, -0.05) is 54.6 Å². The number of nitrogens with zero attached hydrogens (tertiary/aromatic N) is 3. The molecule has 4 rings (SSSR count). The molecule has 0 radical (unpaired) electrons. The molecule has 1 N–H and O–H groups in total. The van der Waals surface area contributed by atoms with Gasteiger partial charge in [-0.15, -0.1) is 0 Å². The third-order valence-electron chi connectivity index (χ3n) is 6.04. The summed E-state index contributed by atoms with van der Waals surface area (Å²) in [6.45, 7) is 4.05. The van der Waals surface area contributed by atoms with Gasteiger partial charge in [-0.05, 0) is 54.8 Å². The number of carbonyl (C=O) groups is 3. The van der Waals surface area contributed by atoms with Crippen molar-refractivity contribution in [2.75, 3.05) is 24.5 Å². The van der Waals surface area contributed by atoms with Crippen LogP contribution in [0.1, 0.15) is 16.7 Å². The summed E-state index contributed by atoms with van der Waals surface area (Å²) in [4.78, 5) is 43.0. The van der Waals surface area contributed by atoms with Gasteiger partial charge >= 0.3 is 18.1 Å². The summed E-state index contributed by atoms with van der Waals surface area (Å²) in [6.07, 6.45) is -0.605. The number of piperazine rings is 1. The van der Waals surface area contributed by atoms with E-state index in [4.69, 9.17) is 4.74 Å². The number of ether oxygens (including phenoxy) is 1. The maximum Gasteiger partial charge on any atom is 0.410 e. The average Bonchev–Trinajstić information content (AvgIpc) is 2.87. The van der Waals surface area contributed by atoms with Crippen molar-refractivity contribution in [2.45, 2.75) is 26.5 Å². The molecule has 1 heterocycles. The highest BCUT2D eigenvalue weighted by Crippen LogP contribution is 2.30. The molecular weight excluding hydrogens is 458 g/mol. The minimum absolute atomic E-state index is 0.0599. The van der Waals surface area contributed by atoms with Gasteiger partial charge in [0.15, 0.2) is 0 Å². The highest BCUT2D eigenvalue weighted by atomic mass is 16.6. The Morgan fingerprint density at radius 3 is 2.11 bits per heavy atom. The van der Waals surface area contributed by atoms with Crippen LogP contribution >= 0.6 is 0 Å². The van der Waals surface area contributed by atoms with Crippen LogP contribution in [0.15, 0.2) is 78.9 Å². The number of para-hydroxylation sites is 1. The Hall–Kier alpha value is -4.33. The van der Waals surface area contributed by atoms with Crippen molar-refractivity contribution in [3.8, 4) is 0 Å². The first-order valence-corrected chi connectivity index (χ1v) is 11.8. The molecule has 186 valence electrons. The molecule has 36 heavy (non-hydrogen) atoms. The number of hydrogen-bond donors (Lipinski definition) is 1. The van der Waals surface area contributed by atoms with Crippen molar-refractivity contribution >= 4 is 29.5 Å². The summed E-state index contributed by atoms with van der Waals surface area (Å²) in [5.41, 5.74) is 4.08. The van der Waals surface area contributed by atoms with Gasteiger partial charge in [0.2, 0.25) is 0 Å². The number of aliphatic carboxylic acids is 1. The molecule has 3 aromatic carbocycles. The van der Waals surface area contributed by atoms with Crippen molar-refractivity contribution in [3.05, 3.63) is 95.6 Å². The first kappa shape index (κ1) is 24.8. The Bertz CT molecular complexity index is 1210. The predicted molar refractivity (Wildman–Crippen MR) is 136 cm³/mol. The van der Waals surface area contributed by atoms with E-state index in [1.807, 2.05) is 92.7 Å². The Morgan fingerprint density at radius 2 is 1.50 bits per heavy atom. The van der Waals surface area contributed by atoms with E-state index in [0.29, 0.717) is 11.4 Å². The van der Waals surface area contributed by atoms with Crippen molar-refractivity contribution in [1.29, 1.82) is 0 Å². The van der Waals surface area contributed by atoms with Crippen molar-refractivity contribution < 1.29 is 24.2 Å². The van der Waals surface area contributed by atoms with Crippen LogP contribution in [-0.4, -0.2) is 58.7 Å². The fourth-order valence-electron chi connectivity index (χ4n) is 4.35. The smallest absolute Gasteiger partial charge is 0.410 e. The van der Waals surface area contributed by atoms with Crippen LogP contribution in [0.25, 0.3) is 0 Å². The van der Waals surface area contributed by atoms with Crippen LogP contribution in [0.5, 0.6) is 0 Å². The third-order valence-corrected chi connectivity index (χ3v) is 6.04. The largest absolute Gasteiger partial charge is 0.480 e. The fourth-order valence-corrected chi connectivity index (χ4v) is 4.35. The first-order chi connectivity index (χ1) is 17.3. The topological polar surface area (TPSA) is 90.4 Å². The maximum atomic E-state index is 13.9. The van der Waals surface area contributed by atoms with Crippen LogP contribution in [0.2, 0.25) is 0 Å². The second kappa shape index (κ2) is 10.9. The molecule has 1 aliphatic rings. The Labute approximate surface area is 210 Å². The van der Waals surface area contributed by atoms with Crippen LogP contribution in [0.4, 0.5) is 21.0 Å². The lowest BCUT2D eigenvalue weighted by Gasteiger charge is -2.41. The molecule has 1 fully saturated rings. The second-order valence-electron chi connectivity index (χ2n) is 8.83. The van der Waals surface area contributed by atoms with Gasteiger partial charge in [0.1, 0.15) is 12.6 Å². The normalized spacial score (nSPS) is 15.3. The fraction of sp³-hybridized carbons (Fsp3) is 0.250. The summed E-state index contributed by atoms with van der Waals surface area (Å²) < 4.78 is 5.38. The molecule has 1 aliphatic heterocycles. The Kier molecular flexibility index (Phi) is 7.53. The van der Waals surface area contributed by atoms with E-state index in [1.165, 1.54) is 14.7 Å². The molecule has 0 bridgehead atoms. The molecule has 0 spiro atoms. The number of carboxylic acids is 1. The zero-order chi connectivity index (χ0) is 25.7. The van der Waals surface area contributed by atoms with E-state index in [-0.39, 0.29) is 26.2 Å². The Morgan fingerprint density at radius 1 is 0.889 bits per heavy atom. The van der Waals surface area contributed by atoms with E-state index in [1.54, 1.807) is 0 Å². The van der Waals surface area contributed by atoms with E-state index < -0.39 is 24.1 Å². The lowest BCUT2D eigenvalue weighted by molar-refractivity contribution is -0.143. The van der Waals surface area contributed by atoms with Gasteiger partial charge in [-0.3, -0.25) is 4.90 Å². The third kappa shape index (κ3) is 5.66. The number of hydrogen-bond acceptors (Lipinski definition) is 4. The maximum absolute atomic E-state index is 13.9. The number of carboxylic acid groups (broad SMARTS) is 1. The number of urea groups is 1. The summed E-state index contributed by atoms with van der Waals surface area (Å²) in [5, 5.41) is 9.98. The van der Waals surface area contributed by atoms with Crippen LogP contribution < -0.4 is 4.90 Å². The van der Waals surface area contributed by atoms with E-state index in [0.717, 1.165) is 16.7 Å². The molecule has 1 saturated heterocycles. The van der Waals surface area contributed by atoms with E-state index in [9.17, 15) is 19.5 Å². The highest BCUT2D eigenvalue weighted by Gasteiger charge is 2.40. The standard InChI is InChI=1S/C28H29N3O5/c1-20-15-21(2)17-24(16-20)31(23-11-7-4-8-12-23)27(34)30-14-13-29(18-25(30)26(32)33)28(35)36-19-22-9-5-3-6-10-22/h3-12,15-17,25H,13-14,18-19H2,1-2H3,(H,32,33). The molecule has 1 unspecified atom stereocenters. The summed E-state index contributed by atoms with van der Waals surface area (Å²) in [5.74, 6) is -1.18. The molecule has 3 amide bonds. The number of carbonyl (C=O) groups excluding carboxylic acids is 2. The molecule has 0 aliphatic carbocycles. The number of amides is 3. The van der Waals surface area contributed by atoms with Gasteiger partial charge < -0.3 is 19.6 Å². The molecule has 8 nitrogen and oxygen atoms in total. The minimum Gasteiger partial charge on any atom is -0.480 e. The van der Waals surface area contributed by atoms with Gasteiger partial charge in [0, 0.05) is 13.1 Å². The van der Waals surface area contributed by atoms with Crippen molar-refractivity contribution in [1.82, 2.24) is 9.80 Å². The molecule has 3 aromatic rings. The second-order valence-corrected chi connectivity index (χ2v) is 8.83. The van der Waals surface area contributed by atoms with E-state index >= 15 is 0 Å². The molecule has 0 saturated carbocycles. The zero-order valence-electron chi connectivity index (χ0n) is 20.3. The van der Waals surface area contributed by atoms with Crippen molar-refractivity contribution in [3.63, 3.8) is 0 Å². The lowest BCUT2D eigenvalue weighted by atomic mass is 10.1. The lowest BCUT2D eigenvalue weighted by Crippen LogP contribution is -2.61. The number of aryl methyl sites for hydroxylation is 2. The van der Waals surface area contributed by atoms with Crippen molar-refractivity contribution in [2.24, 2.45) is 0 Å². The number of anilines is 2. The predicted octanol–water partition coefficient (Wildman–Crippen LogP) is 4.97. The first-order valence-electron chi connectivity index (χ1n) is 11.8. The SMILES string of the molecule is Cc1cc(C)cc(N(C(=O)N2CCN(C(=O)OCc3ccccc3)CC2C(=O)O)c2ccccc2)c1. The molecule has 0 aromatic heterocycles. The summed E-state index contributed by atoms with van der Waals surface area (Å²) >= 11 is 0. The monoisotopic (exact) mass is 487 g/mol.